The van der Waals surface area contributed by atoms with E-state index in [0.29, 0.717) is 24.5 Å². The molecule has 17 heavy (non-hydrogen) atoms. The van der Waals surface area contributed by atoms with Gasteiger partial charge in [0.1, 0.15) is 6.07 Å². The Bertz CT molecular complexity index is 337. The van der Waals surface area contributed by atoms with E-state index in [4.69, 9.17) is 10.00 Å². The molecule has 0 aromatic heterocycles. The maximum absolute atomic E-state index is 9.08. The molecule has 0 atom stereocenters. The minimum absolute atomic E-state index is 0.566. The third kappa shape index (κ3) is 5.94. The van der Waals surface area contributed by atoms with Crippen molar-refractivity contribution in [1.29, 1.82) is 5.26 Å². The number of nitriles is 1. The van der Waals surface area contributed by atoms with Crippen LogP contribution in [-0.4, -0.2) is 31.7 Å². The third-order valence-electron chi connectivity index (χ3n) is 2.47. The van der Waals surface area contributed by atoms with E-state index in [1.807, 2.05) is 25.8 Å². The summed E-state index contributed by atoms with van der Waals surface area (Å²) in [6.07, 6.45) is 2.63. The molecule has 0 saturated heterocycles. The van der Waals surface area contributed by atoms with Crippen LogP contribution in [0.3, 0.4) is 0 Å². The minimum Gasteiger partial charge on any atom is -0.380 e. The van der Waals surface area contributed by atoms with Crippen LogP contribution in [0.2, 0.25) is 0 Å². The fourth-order valence-corrected chi connectivity index (χ4v) is 1.17. The first kappa shape index (κ1) is 15.5. The van der Waals surface area contributed by atoms with Gasteiger partial charge < -0.3 is 9.64 Å². The SMILES string of the molecule is C=C(/C=C(/C#N)C(=C)N(C)CCOCC)CC. The molecule has 0 rings (SSSR count). The summed E-state index contributed by atoms with van der Waals surface area (Å²) in [5, 5.41) is 9.08. The van der Waals surface area contributed by atoms with Crippen molar-refractivity contribution in [3.05, 3.63) is 36.1 Å². The van der Waals surface area contributed by atoms with E-state index in [1.165, 1.54) is 0 Å². The fraction of sp³-hybridized carbons (Fsp3) is 0.500. The Kier molecular flexibility index (Phi) is 7.83. The molecule has 0 radical (unpaired) electrons. The average Bonchev–Trinajstić information content (AvgIpc) is 2.34. The molecule has 0 aliphatic carbocycles. The predicted octanol–water partition coefficient (Wildman–Crippen LogP) is 2.88. The lowest BCUT2D eigenvalue weighted by Gasteiger charge is -2.21. The van der Waals surface area contributed by atoms with E-state index >= 15 is 0 Å². The molecule has 0 aliphatic rings. The predicted molar refractivity (Wildman–Crippen MR) is 71.4 cm³/mol. The van der Waals surface area contributed by atoms with Crippen LogP contribution < -0.4 is 0 Å². The number of rotatable bonds is 8. The number of ether oxygens (including phenoxy) is 1. The van der Waals surface area contributed by atoms with Crippen LogP contribution in [0.4, 0.5) is 0 Å². The van der Waals surface area contributed by atoms with Gasteiger partial charge in [-0.25, -0.2) is 0 Å². The van der Waals surface area contributed by atoms with E-state index in [2.05, 4.69) is 19.2 Å². The van der Waals surface area contributed by atoms with E-state index in [0.717, 1.165) is 18.5 Å². The van der Waals surface area contributed by atoms with Crippen LogP contribution in [0, 0.1) is 11.3 Å². The average molecular weight is 234 g/mol. The maximum atomic E-state index is 9.08. The van der Waals surface area contributed by atoms with Gasteiger partial charge >= 0.3 is 0 Å². The van der Waals surface area contributed by atoms with Gasteiger partial charge in [-0.3, -0.25) is 0 Å². The lowest BCUT2D eigenvalue weighted by Crippen LogP contribution is -2.23. The van der Waals surface area contributed by atoms with Crippen molar-refractivity contribution in [2.45, 2.75) is 20.3 Å². The van der Waals surface area contributed by atoms with Crippen molar-refractivity contribution < 1.29 is 4.74 Å². The smallest absolute Gasteiger partial charge is 0.101 e. The molecule has 0 spiro atoms. The number of allylic oxidation sites excluding steroid dienone is 3. The number of nitrogens with zero attached hydrogens (tertiary/aromatic N) is 2. The number of likely N-dealkylation sites (N-methyl/N-ethyl adjacent to an activating group) is 1. The first-order chi connectivity index (χ1) is 8.06. The van der Waals surface area contributed by atoms with Crippen molar-refractivity contribution in [1.82, 2.24) is 4.90 Å². The molecular weight excluding hydrogens is 212 g/mol. The van der Waals surface area contributed by atoms with Crippen molar-refractivity contribution in [3.63, 3.8) is 0 Å². The van der Waals surface area contributed by atoms with Crippen LogP contribution in [0.15, 0.2) is 36.1 Å². The number of hydrogen-bond donors (Lipinski definition) is 0. The fourth-order valence-electron chi connectivity index (χ4n) is 1.17. The molecule has 3 heteroatoms. The monoisotopic (exact) mass is 234 g/mol. The van der Waals surface area contributed by atoms with Gasteiger partial charge in [-0.15, -0.1) is 0 Å². The second kappa shape index (κ2) is 8.60. The number of hydrogen-bond acceptors (Lipinski definition) is 3. The van der Waals surface area contributed by atoms with E-state index < -0.39 is 0 Å². The molecule has 0 heterocycles. The zero-order valence-corrected chi connectivity index (χ0v) is 11.1. The van der Waals surface area contributed by atoms with E-state index in [1.54, 1.807) is 6.08 Å². The lowest BCUT2D eigenvalue weighted by molar-refractivity contribution is 0.131. The topological polar surface area (TPSA) is 36.3 Å². The van der Waals surface area contributed by atoms with Crippen molar-refractivity contribution in [2.24, 2.45) is 0 Å². The molecule has 0 unspecified atom stereocenters. The van der Waals surface area contributed by atoms with Crippen LogP contribution in [-0.2, 0) is 4.74 Å². The zero-order chi connectivity index (χ0) is 13.3. The van der Waals surface area contributed by atoms with Gasteiger partial charge in [0.2, 0.25) is 0 Å². The van der Waals surface area contributed by atoms with Crippen LogP contribution in [0.5, 0.6) is 0 Å². The molecule has 0 N–H and O–H groups in total. The maximum Gasteiger partial charge on any atom is 0.101 e. The first-order valence-electron chi connectivity index (χ1n) is 5.84. The first-order valence-corrected chi connectivity index (χ1v) is 5.84. The largest absolute Gasteiger partial charge is 0.380 e. The highest BCUT2D eigenvalue weighted by molar-refractivity contribution is 5.43. The van der Waals surface area contributed by atoms with Gasteiger partial charge in [0.05, 0.1) is 12.2 Å². The van der Waals surface area contributed by atoms with Crippen LogP contribution >= 0.6 is 0 Å². The summed E-state index contributed by atoms with van der Waals surface area (Å²) in [5.41, 5.74) is 2.21. The standard InChI is InChI=1S/C14H22N2O/c1-6-12(3)10-14(11-15)13(4)16(5)8-9-17-7-2/h10H,3-4,6-9H2,1-2,5H3/b14-10-. The van der Waals surface area contributed by atoms with Crippen molar-refractivity contribution in [3.8, 4) is 6.07 Å². The molecular formula is C14H22N2O. The van der Waals surface area contributed by atoms with Gasteiger partial charge in [0, 0.05) is 25.9 Å². The highest BCUT2D eigenvalue weighted by Crippen LogP contribution is 2.14. The summed E-state index contributed by atoms with van der Waals surface area (Å²) >= 11 is 0. The highest BCUT2D eigenvalue weighted by atomic mass is 16.5. The molecule has 0 aromatic rings. The Morgan fingerprint density at radius 2 is 2.06 bits per heavy atom. The third-order valence-corrected chi connectivity index (χ3v) is 2.47. The van der Waals surface area contributed by atoms with Gasteiger partial charge in [-0.1, -0.05) is 25.7 Å². The van der Waals surface area contributed by atoms with Gasteiger partial charge in [0.15, 0.2) is 0 Å². The van der Waals surface area contributed by atoms with E-state index in [-0.39, 0.29) is 0 Å². The lowest BCUT2D eigenvalue weighted by atomic mass is 10.1. The van der Waals surface area contributed by atoms with Gasteiger partial charge in [-0.2, -0.15) is 5.26 Å². The molecule has 0 saturated carbocycles. The Labute approximate surface area is 105 Å². The second-order valence-corrected chi connectivity index (χ2v) is 3.75. The van der Waals surface area contributed by atoms with Crippen LogP contribution in [0.25, 0.3) is 0 Å². The summed E-state index contributed by atoms with van der Waals surface area (Å²) < 4.78 is 5.27. The molecule has 0 amide bonds. The molecule has 94 valence electrons. The Morgan fingerprint density at radius 3 is 2.53 bits per heavy atom. The zero-order valence-electron chi connectivity index (χ0n) is 11.1. The molecule has 0 fully saturated rings. The minimum atomic E-state index is 0.566. The Hall–Kier alpha value is -1.53. The van der Waals surface area contributed by atoms with Gasteiger partial charge in [-0.05, 0) is 19.4 Å². The molecule has 3 nitrogen and oxygen atoms in total. The molecule has 0 aliphatic heterocycles. The van der Waals surface area contributed by atoms with E-state index in [9.17, 15) is 0 Å². The van der Waals surface area contributed by atoms with Crippen molar-refractivity contribution >= 4 is 0 Å². The summed E-state index contributed by atoms with van der Waals surface area (Å²) in [5.74, 6) is 0. The highest BCUT2D eigenvalue weighted by Gasteiger charge is 2.07. The summed E-state index contributed by atoms with van der Waals surface area (Å²) in [7, 11) is 1.90. The second-order valence-electron chi connectivity index (χ2n) is 3.75. The van der Waals surface area contributed by atoms with Crippen LogP contribution in [0.1, 0.15) is 20.3 Å². The summed E-state index contributed by atoms with van der Waals surface area (Å²) in [6, 6.07) is 2.16. The summed E-state index contributed by atoms with van der Waals surface area (Å²) in [4.78, 5) is 1.92. The Balaban J connectivity index is 4.50. The van der Waals surface area contributed by atoms with Gasteiger partial charge in [0.25, 0.3) is 0 Å². The Morgan fingerprint density at radius 1 is 1.41 bits per heavy atom. The molecule has 0 bridgehead atoms. The quantitative estimate of drug-likeness (QED) is 0.368. The van der Waals surface area contributed by atoms with Crippen molar-refractivity contribution in [2.75, 3.05) is 26.8 Å². The normalized spacial score (nSPS) is 10.8. The molecule has 0 aromatic carbocycles. The summed E-state index contributed by atoms with van der Waals surface area (Å²) in [6.45, 7) is 13.8.